The van der Waals surface area contributed by atoms with Gasteiger partial charge in [-0.1, -0.05) is 80.6 Å². The Bertz CT molecular complexity index is 1620. The first-order valence-electron chi connectivity index (χ1n) is 12.0. The normalized spacial score (nSPS) is 11.5. The van der Waals surface area contributed by atoms with Crippen molar-refractivity contribution in [2.24, 2.45) is 0 Å². The second-order valence-corrected chi connectivity index (χ2v) is 10.8. The number of aryl methyl sites for hydroxylation is 2. The van der Waals surface area contributed by atoms with Gasteiger partial charge in [-0.2, -0.15) is 0 Å². The zero-order chi connectivity index (χ0) is 23.1. The van der Waals surface area contributed by atoms with E-state index in [1.165, 1.54) is 63.3 Å². The van der Waals surface area contributed by atoms with Crippen LogP contribution in [0.15, 0.2) is 97.1 Å². The molecule has 0 unspecified atom stereocenters. The third-order valence-electron chi connectivity index (χ3n) is 6.75. The average molecular weight is 475 g/mol. The molecule has 6 rings (SSSR count). The standard InChI is InChI=1S/C32H26S2/c1-3-23-25-12-8-9-13-26(25)24(4-2)28-20-22(14-15-27(23)28)30-17-19-32(34-30)31-18-16-29(33-31)21-10-6-5-7-11-21/h5-20H,3-4H2,1-2H3. The summed E-state index contributed by atoms with van der Waals surface area (Å²) in [7, 11) is 0. The molecule has 0 aliphatic carbocycles. The maximum absolute atomic E-state index is 2.43. The number of fused-ring (bicyclic) bond motifs is 2. The molecule has 0 N–H and O–H groups in total. The third kappa shape index (κ3) is 3.58. The number of hydrogen-bond donors (Lipinski definition) is 0. The van der Waals surface area contributed by atoms with Crippen molar-refractivity contribution in [2.75, 3.05) is 0 Å². The van der Waals surface area contributed by atoms with E-state index in [4.69, 9.17) is 0 Å². The van der Waals surface area contributed by atoms with Gasteiger partial charge in [0.15, 0.2) is 0 Å². The molecule has 0 amide bonds. The van der Waals surface area contributed by atoms with E-state index in [1.807, 2.05) is 22.7 Å². The molecule has 166 valence electrons. The lowest BCUT2D eigenvalue weighted by molar-refractivity contribution is 1.15. The molecule has 0 fully saturated rings. The second-order valence-electron chi connectivity index (χ2n) is 8.66. The molecule has 0 aliphatic rings. The summed E-state index contributed by atoms with van der Waals surface area (Å²) in [5.74, 6) is 0. The van der Waals surface area contributed by atoms with E-state index >= 15 is 0 Å². The van der Waals surface area contributed by atoms with Gasteiger partial charge in [-0.05, 0) is 87.0 Å². The van der Waals surface area contributed by atoms with E-state index in [1.54, 1.807) is 0 Å². The third-order valence-corrected chi connectivity index (χ3v) is 9.22. The fourth-order valence-corrected chi connectivity index (χ4v) is 7.23. The fourth-order valence-electron chi connectivity index (χ4n) is 5.13. The molecule has 0 saturated carbocycles. The van der Waals surface area contributed by atoms with Crippen molar-refractivity contribution >= 4 is 44.2 Å². The number of thiophene rings is 2. The molecule has 0 spiro atoms. The lowest BCUT2D eigenvalue weighted by atomic mass is 9.88. The van der Waals surface area contributed by atoms with Gasteiger partial charge in [-0.3, -0.25) is 0 Å². The smallest absolute Gasteiger partial charge is 0.0449 e. The Morgan fingerprint density at radius 2 is 0.941 bits per heavy atom. The first-order valence-corrected chi connectivity index (χ1v) is 13.6. The highest BCUT2D eigenvalue weighted by atomic mass is 32.1. The topological polar surface area (TPSA) is 0 Å². The maximum Gasteiger partial charge on any atom is 0.0449 e. The number of hydrogen-bond acceptors (Lipinski definition) is 2. The molecule has 0 saturated heterocycles. The summed E-state index contributed by atoms with van der Waals surface area (Å²) < 4.78 is 0. The highest BCUT2D eigenvalue weighted by Gasteiger charge is 2.14. The molecule has 0 radical (unpaired) electrons. The van der Waals surface area contributed by atoms with Gasteiger partial charge in [0, 0.05) is 19.5 Å². The van der Waals surface area contributed by atoms with Gasteiger partial charge in [-0.25, -0.2) is 0 Å². The van der Waals surface area contributed by atoms with Crippen LogP contribution in [0.3, 0.4) is 0 Å². The Morgan fingerprint density at radius 1 is 0.441 bits per heavy atom. The summed E-state index contributed by atoms with van der Waals surface area (Å²) in [6, 6.07) is 35.8. The van der Waals surface area contributed by atoms with Crippen LogP contribution < -0.4 is 0 Å². The highest BCUT2D eigenvalue weighted by Crippen LogP contribution is 2.42. The molecule has 2 aromatic heterocycles. The highest BCUT2D eigenvalue weighted by molar-refractivity contribution is 7.25. The predicted molar refractivity (Wildman–Crippen MR) is 152 cm³/mol. The molecule has 4 aromatic carbocycles. The fraction of sp³-hybridized carbons (Fsp3) is 0.125. The van der Waals surface area contributed by atoms with E-state index in [2.05, 4.69) is 111 Å². The summed E-state index contributed by atoms with van der Waals surface area (Å²) >= 11 is 3.77. The molecule has 2 heteroatoms. The van der Waals surface area contributed by atoms with Crippen LogP contribution >= 0.6 is 22.7 Å². The van der Waals surface area contributed by atoms with E-state index in [0.717, 1.165) is 12.8 Å². The summed E-state index contributed by atoms with van der Waals surface area (Å²) in [6.45, 7) is 4.56. The molecular formula is C32H26S2. The summed E-state index contributed by atoms with van der Waals surface area (Å²) in [6.07, 6.45) is 2.09. The Labute approximate surface area is 209 Å². The number of rotatable bonds is 5. The van der Waals surface area contributed by atoms with Crippen molar-refractivity contribution in [3.8, 4) is 30.6 Å². The summed E-state index contributed by atoms with van der Waals surface area (Å²) in [4.78, 5) is 5.33. The minimum atomic E-state index is 1.04. The van der Waals surface area contributed by atoms with Crippen LogP contribution in [-0.2, 0) is 12.8 Å². The summed E-state index contributed by atoms with van der Waals surface area (Å²) in [5.41, 5.74) is 5.53. The first-order chi connectivity index (χ1) is 16.8. The van der Waals surface area contributed by atoms with E-state index in [-0.39, 0.29) is 0 Å². The van der Waals surface area contributed by atoms with Gasteiger partial charge < -0.3 is 0 Å². The van der Waals surface area contributed by atoms with Crippen LogP contribution in [0.4, 0.5) is 0 Å². The largest absolute Gasteiger partial charge is 0.134 e. The van der Waals surface area contributed by atoms with E-state index in [0.29, 0.717) is 0 Å². The van der Waals surface area contributed by atoms with Crippen molar-refractivity contribution in [3.63, 3.8) is 0 Å². The van der Waals surface area contributed by atoms with E-state index < -0.39 is 0 Å². The van der Waals surface area contributed by atoms with Crippen LogP contribution in [0.1, 0.15) is 25.0 Å². The van der Waals surface area contributed by atoms with Crippen LogP contribution in [0.25, 0.3) is 52.2 Å². The van der Waals surface area contributed by atoms with Crippen LogP contribution in [0, 0.1) is 0 Å². The predicted octanol–water partition coefficient (Wildman–Crippen LogP) is 10.2. The van der Waals surface area contributed by atoms with Crippen molar-refractivity contribution in [1.29, 1.82) is 0 Å². The minimum Gasteiger partial charge on any atom is -0.134 e. The van der Waals surface area contributed by atoms with E-state index in [9.17, 15) is 0 Å². The molecule has 2 heterocycles. The quantitative estimate of drug-likeness (QED) is 0.218. The molecule has 6 aromatic rings. The lowest BCUT2D eigenvalue weighted by Gasteiger charge is -2.16. The molecule has 0 atom stereocenters. The molecular weight excluding hydrogens is 448 g/mol. The number of benzene rings is 4. The Kier molecular flexibility index (Phi) is 5.57. The van der Waals surface area contributed by atoms with Gasteiger partial charge in [0.05, 0.1) is 0 Å². The Morgan fingerprint density at radius 3 is 1.56 bits per heavy atom. The van der Waals surface area contributed by atoms with Gasteiger partial charge in [0.1, 0.15) is 0 Å². The Hall–Kier alpha value is -3.20. The van der Waals surface area contributed by atoms with Crippen molar-refractivity contribution < 1.29 is 0 Å². The molecule has 0 nitrogen and oxygen atoms in total. The van der Waals surface area contributed by atoms with Crippen LogP contribution in [0.5, 0.6) is 0 Å². The van der Waals surface area contributed by atoms with Crippen molar-refractivity contribution in [1.82, 2.24) is 0 Å². The molecule has 34 heavy (non-hydrogen) atoms. The maximum atomic E-state index is 2.43. The van der Waals surface area contributed by atoms with Gasteiger partial charge in [0.25, 0.3) is 0 Å². The first kappa shape index (κ1) is 21.3. The SMILES string of the molecule is CCc1c2ccccc2c(CC)c2cc(-c3ccc(-c4ccc(-c5ccccc5)s4)s3)ccc12. The molecule has 0 bridgehead atoms. The van der Waals surface area contributed by atoms with Gasteiger partial charge >= 0.3 is 0 Å². The lowest BCUT2D eigenvalue weighted by Crippen LogP contribution is -1.94. The van der Waals surface area contributed by atoms with Gasteiger partial charge in [-0.15, -0.1) is 22.7 Å². The average Bonchev–Trinajstić information content (AvgIpc) is 3.58. The minimum absolute atomic E-state index is 1.04. The summed E-state index contributed by atoms with van der Waals surface area (Å²) in [5, 5.41) is 5.63. The Balaban J connectivity index is 1.44. The zero-order valence-corrected chi connectivity index (χ0v) is 21.1. The van der Waals surface area contributed by atoms with Crippen molar-refractivity contribution in [3.05, 3.63) is 108 Å². The second kappa shape index (κ2) is 8.87. The molecule has 0 aliphatic heterocycles. The van der Waals surface area contributed by atoms with Crippen molar-refractivity contribution in [2.45, 2.75) is 26.7 Å². The van der Waals surface area contributed by atoms with Crippen LogP contribution in [-0.4, -0.2) is 0 Å². The monoisotopic (exact) mass is 474 g/mol. The van der Waals surface area contributed by atoms with Gasteiger partial charge in [0.2, 0.25) is 0 Å². The zero-order valence-electron chi connectivity index (χ0n) is 19.5. The van der Waals surface area contributed by atoms with Crippen LogP contribution in [0.2, 0.25) is 0 Å².